The van der Waals surface area contributed by atoms with Crippen molar-refractivity contribution in [1.29, 1.82) is 0 Å². The number of aryl methyl sites for hydroxylation is 2. The fourth-order valence-corrected chi connectivity index (χ4v) is 2.98. The summed E-state index contributed by atoms with van der Waals surface area (Å²) >= 11 is 0. The molecule has 1 amide bonds. The van der Waals surface area contributed by atoms with Crippen molar-refractivity contribution in [3.05, 3.63) is 17.3 Å². The van der Waals surface area contributed by atoms with Crippen molar-refractivity contribution in [1.82, 2.24) is 20.5 Å². The second-order valence-electron chi connectivity index (χ2n) is 7.88. The van der Waals surface area contributed by atoms with Gasteiger partial charge >= 0.3 is 6.09 Å². The van der Waals surface area contributed by atoms with Gasteiger partial charge in [-0.1, -0.05) is 0 Å². The lowest BCUT2D eigenvalue weighted by atomic mass is 10.0. The molecule has 0 aromatic carbocycles. The van der Waals surface area contributed by atoms with Crippen molar-refractivity contribution >= 4 is 12.1 Å². The van der Waals surface area contributed by atoms with E-state index in [4.69, 9.17) is 9.15 Å². The molecule has 1 unspecified atom stereocenters. The molecule has 2 rings (SSSR count). The van der Waals surface area contributed by atoms with Crippen molar-refractivity contribution < 1.29 is 13.9 Å². The second-order valence-corrected chi connectivity index (χ2v) is 7.88. The van der Waals surface area contributed by atoms with Crippen molar-refractivity contribution in [2.24, 2.45) is 4.99 Å². The molecule has 1 aromatic rings. The second kappa shape index (κ2) is 9.10. The van der Waals surface area contributed by atoms with Crippen molar-refractivity contribution in [2.45, 2.75) is 72.1 Å². The molecule has 1 aromatic heterocycles. The number of piperidine rings is 1. The summed E-state index contributed by atoms with van der Waals surface area (Å²) in [6.07, 6.45) is 2.81. The van der Waals surface area contributed by atoms with E-state index in [0.717, 1.165) is 37.3 Å². The van der Waals surface area contributed by atoms with Crippen LogP contribution in [0.1, 0.15) is 57.4 Å². The first kappa shape index (κ1) is 21.1. The number of likely N-dealkylation sites (tertiary alicyclic amines) is 1. The zero-order chi connectivity index (χ0) is 20.0. The number of hydrogen-bond acceptors (Lipinski definition) is 5. The molecular formula is C19H33N5O3. The average molecular weight is 380 g/mol. The van der Waals surface area contributed by atoms with E-state index in [1.54, 1.807) is 7.05 Å². The number of carbonyl (C=O) groups is 1. The Hall–Kier alpha value is -2.25. The van der Waals surface area contributed by atoms with Gasteiger partial charge in [0.1, 0.15) is 11.4 Å². The highest BCUT2D eigenvalue weighted by Crippen LogP contribution is 2.20. The number of ether oxygens (including phenoxy) is 1. The van der Waals surface area contributed by atoms with Gasteiger partial charge in [0.2, 0.25) is 5.89 Å². The van der Waals surface area contributed by atoms with Gasteiger partial charge in [-0.2, -0.15) is 0 Å². The predicted octanol–water partition coefficient (Wildman–Crippen LogP) is 2.75. The third-order valence-corrected chi connectivity index (χ3v) is 4.46. The van der Waals surface area contributed by atoms with Gasteiger partial charge in [0.25, 0.3) is 0 Å². The molecular weight excluding hydrogens is 346 g/mol. The summed E-state index contributed by atoms with van der Waals surface area (Å²) in [5.41, 5.74) is 0.404. The smallest absolute Gasteiger partial charge is 0.410 e. The molecule has 2 N–H and O–H groups in total. The number of guanidine groups is 1. The zero-order valence-electron chi connectivity index (χ0n) is 17.4. The minimum atomic E-state index is -0.490. The van der Waals surface area contributed by atoms with Crippen LogP contribution in [-0.2, 0) is 11.3 Å². The molecule has 1 fully saturated rings. The third kappa shape index (κ3) is 6.45. The number of hydrogen-bond donors (Lipinski definition) is 2. The van der Waals surface area contributed by atoms with Gasteiger partial charge in [0, 0.05) is 20.1 Å². The van der Waals surface area contributed by atoms with Gasteiger partial charge in [-0.05, 0) is 53.9 Å². The summed E-state index contributed by atoms with van der Waals surface area (Å²) in [5, 5.41) is 6.49. The quantitative estimate of drug-likeness (QED) is 0.617. The molecule has 1 aliphatic rings. The van der Waals surface area contributed by atoms with Crippen LogP contribution in [0.5, 0.6) is 0 Å². The summed E-state index contributed by atoms with van der Waals surface area (Å²) in [5.74, 6) is 2.10. The number of aliphatic imine (C=N–C) groups is 1. The summed E-state index contributed by atoms with van der Waals surface area (Å²) in [7, 11) is 1.72. The maximum Gasteiger partial charge on any atom is 0.410 e. The summed E-state index contributed by atoms with van der Waals surface area (Å²) in [6, 6.07) is 0.0818. The Kier molecular flexibility index (Phi) is 7.10. The van der Waals surface area contributed by atoms with Crippen LogP contribution in [0.4, 0.5) is 4.79 Å². The SMILES string of the molecule is CN=C(NCc1nc(C)c(C)o1)NCC1CCCCN1C(=O)OC(C)(C)C. The lowest BCUT2D eigenvalue weighted by Gasteiger charge is -2.37. The van der Waals surface area contributed by atoms with Crippen molar-refractivity contribution in [3.8, 4) is 0 Å². The zero-order valence-corrected chi connectivity index (χ0v) is 17.4. The summed E-state index contributed by atoms with van der Waals surface area (Å²) in [4.78, 5) is 22.9. The monoisotopic (exact) mass is 379 g/mol. The van der Waals surface area contributed by atoms with E-state index in [9.17, 15) is 4.79 Å². The topological polar surface area (TPSA) is 92.0 Å². The number of rotatable bonds is 4. The Balaban J connectivity index is 1.88. The molecule has 0 radical (unpaired) electrons. The normalized spacial score (nSPS) is 18.4. The molecule has 0 saturated carbocycles. The first-order chi connectivity index (χ1) is 12.7. The first-order valence-corrected chi connectivity index (χ1v) is 9.56. The highest BCUT2D eigenvalue weighted by Gasteiger charge is 2.30. The Bertz CT molecular complexity index is 643. The van der Waals surface area contributed by atoms with Crippen LogP contribution in [-0.4, -0.2) is 53.7 Å². The number of nitrogens with one attached hydrogen (secondary N) is 2. The maximum absolute atomic E-state index is 12.5. The van der Waals surface area contributed by atoms with Crippen molar-refractivity contribution in [2.75, 3.05) is 20.1 Å². The molecule has 1 atom stereocenters. The Morgan fingerprint density at radius 2 is 2.07 bits per heavy atom. The van der Waals surface area contributed by atoms with Crippen LogP contribution in [0.2, 0.25) is 0 Å². The molecule has 8 heteroatoms. The van der Waals surface area contributed by atoms with Crippen LogP contribution in [0.3, 0.4) is 0 Å². The Labute approximate surface area is 161 Å². The largest absolute Gasteiger partial charge is 0.444 e. The number of oxazole rings is 1. The van der Waals surface area contributed by atoms with Gasteiger partial charge in [-0.15, -0.1) is 0 Å². The number of amides is 1. The van der Waals surface area contributed by atoms with Crippen LogP contribution < -0.4 is 10.6 Å². The summed E-state index contributed by atoms with van der Waals surface area (Å²) in [6.45, 7) is 11.3. The summed E-state index contributed by atoms with van der Waals surface area (Å²) < 4.78 is 11.1. The minimum Gasteiger partial charge on any atom is -0.444 e. The van der Waals surface area contributed by atoms with E-state index in [-0.39, 0.29) is 12.1 Å². The molecule has 27 heavy (non-hydrogen) atoms. The lowest BCUT2D eigenvalue weighted by molar-refractivity contribution is 0.0104. The fourth-order valence-electron chi connectivity index (χ4n) is 2.98. The highest BCUT2D eigenvalue weighted by molar-refractivity contribution is 5.79. The lowest BCUT2D eigenvalue weighted by Crippen LogP contribution is -2.52. The van der Waals surface area contributed by atoms with Crippen LogP contribution in [0, 0.1) is 13.8 Å². The molecule has 8 nitrogen and oxygen atoms in total. The van der Waals surface area contributed by atoms with E-state index >= 15 is 0 Å². The highest BCUT2D eigenvalue weighted by atomic mass is 16.6. The maximum atomic E-state index is 12.5. The van der Waals surface area contributed by atoms with Gasteiger partial charge in [0.15, 0.2) is 5.96 Å². The van der Waals surface area contributed by atoms with Gasteiger partial charge in [-0.25, -0.2) is 9.78 Å². The van der Waals surface area contributed by atoms with Crippen molar-refractivity contribution in [3.63, 3.8) is 0 Å². The standard InChI is InChI=1S/C19H33N5O3/c1-13-14(2)26-16(23-13)12-22-17(20-6)21-11-15-9-7-8-10-24(15)18(25)27-19(3,4)5/h15H,7-12H2,1-6H3,(H2,20,21,22). The number of nitrogens with zero attached hydrogens (tertiary/aromatic N) is 3. The molecule has 0 spiro atoms. The molecule has 1 aliphatic heterocycles. The van der Waals surface area contributed by atoms with E-state index in [0.29, 0.717) is 24.9 Å². The molecule has 152 valence electrons. The van der Waals surface area contributed by atoms with Crippen LogP contribution in [0.25, 0.3) is 0 Å². The minimum absolute atomic E-state index is 0.0818. The van der Waals surface area contributed by atoms with E-state index < -0.39 is 5.60 Å². The molecule has 1 saturated heterocycles. The average Bonchev–Trinajstić information content (AvgIpc) is 2.92. The van der Waals surface area contributed by atoms with Crippen LogP contribution in [0.15, 0.2) is 9.41 Å². The van der Waals surface area contributed by atoms with Gasteiger partial charge in [0.05, 0.1) is 18.3 Å². The third-order valence-electron chi connectivity index (χ3n) is 4.46. The van der Waals surface area contributed by atoms with Crippen LogP contribution >= 0.6 is 0 Å². The van der Waals surface area contributed by atoms with Gasteiger partial charge < -0.3 is 24.7 Å². The molecule has 2 heterocycles. The fraction of sp³-hybridized carbons (Fsp3) is 0.737. The number of aromatic nitrogens is 1. The molecule has 0 aliphatic carbocycles. The van der Waals surface area contributed by atoms with E-state index in [1.165, 1.54) is 0 Å². The predicted molar refractivity (Wildman–Crippen MR) is 105 cm³/mol. The Morgan fingerprint density at radius 3 is 2.67 bits per heavy atom. The first-order valence-electron chi connectivity index (χ1n) is 9.56. The molecule has 0 bridgehead atoms. The van der Waals surface area contributed by atoms with E-state index in [2.05, 4.69) is 20.6 Å². The van der Waals surface area contributed by atoms with Gasteiger partial charge in [-0.3, -0.25) is 4.99 Å². The van der Waals surface area contributed by atoms with E-state index in [1.807, 2.05) is 39.5 Å². The Morgan fingerprint density at radius 1 is 1.33 bits per heavy atom. The number of carbonyl (C=O) groups excluding carboxylic acids is 1.